The van der Waals surface area contributed by atoms with Crippen molar-refractivity contribution in [3.05, 3.63) is 58.7 Å². The topological polar surface area (TPSA) is 82.1 Å². The van der Waals surface area contributed by atoms with Crippen molar-refractivity contribution in [3.8, 4) is 0 Å². The van der Waals surface area contributed by atoms with Crippen molar-refractivity contribution in [3.63, 3.8) is 0 Å². The van der Waals surface area contributed by atoms with Crippen LogP contribution in [0.4, 0.5) is 5.69 Å². The van der Waals surface area contributed by atoms with Crippen LogP contribution < -0.4 is 10.3 Å². The number of anilines is 1. The standard InChI is InChI=1S/C26H36N4O3S/c1-19-15-20(2)26(21(3)16-19)34(32,33)30(24-9-7-6-8-10-24)18-25(31)28-27-17-22-11-13-23(14-12-22)29(4)5/h11-17,24H,6-10,18H2,1-5H3,(H,28,31)/b27-17+. The Morgan fingerprint density at radius 1 is 1.03 bits per heavy atom. The number of nitrogens with one attached hydrogen (secondary N) is 1. The predicted molar refractivity (Wildman–Crippen MR) is 138 cm³/mol. The van der Waals surface area contributed by atoms with Crippen molar-refractivity contribution in [1.82, 2.24) is 9.73 Å². The third kappa shape index (κ3) is 6.24. The van der Waals surface area contributed by atoms with E-state index in [1.165, 1.54) is 4.31 Å². The van der Waals surface area contributed by atoms with Gasteiger partial charge in [-0.2, -0.15) is 9.41 Å². The lowest BCUT2D eigenvalue weighted by Crippen LogP contribution is -2.46. The van der Waals surface area contributed by atoms with Crippen molar-refractivity contribution in [2.75, 3.05) is 25.5 Å². The number of carbonyl (C=O) groups is 1. The van der Waals surface area contributed by atoms with Gasteiger partial charge in [-0.25, -0.2) is 13.8 Å². The van der Waals surface area contributed by atoms with E-state index in [0.717, 1.165) is 48.9 Å². The molecule has 1 amide bonds. The smallest absolute Gasteiger partial charge is 0.255 e. The molecule has 0 aromatic heterocycles. The van der Waals surface area contributed by atoms with Crippen LogP contribution in [0.2, 0.25) is 0 Å². The largest absolute Gasteiger partial charge is 0.378 e. The molecule has 0 atom stereocenters. The van der Waals surface area contributed by atoms with Gasteiger partial charge < -0.3 is 4.90 Å². The highest BCUT2D eigenvalue weighted by Gasteiger charge is 2.35. The maximum Gasteiger partial charge on any atom is 0.255 e. The molecule has 1 aliphatic rings. The van der Waals surface area contributed by atoms with Crippen LogP contribution >= 0.6 is 0 Å². The summed E-state index contributed by atoms with van der Waals surface area (Å²) in [5.74, 6) is -0.447. The Balaban J connectivity index is 1.79. The first-order valence-corrected chi connectivity index (χ1v) is 13.2. The summed E-state index contributed by atoms with van der Waals surface area (Å²) in [7, 11) is 0.0866. The summed E-state index contributed by atoms with van der Waals surface area (Å²) in [5, 5.41) is 4.06. The SMILES string of the molecule is Cc1cc(C)c(S(=O)(=O)N(CC(=O)N/N=C/c2ccc(N(C)C)cc2)C2CCCCC2)c(C)c1. The van der Waals surface area contributed by atoms with Gasteiger partial charge in [0.2, 0.25) is 10.0 Å². The monoisotopic (exact) mass is 484 g/mol. The quantitative estimate of drug-likeness (QED) is 0.451. The van der Waals surface area contributed by atoms with Gasteiger partial charge >= 0.3 is 0 Å². The van der Waals surface area contributed by atoms with Gasteiger partial charge in [0.25, 0.3) is 5.91 Å². The number of sulfonamides is 1. The molecule has 1 fully saturated rings. The lowest BCUT2D eigenvalue weighted by Gasteiger charge is -2.33. The fourth-order valence-corrected chi connectivity index (χ4v) is 6.74. The summed E-state index contributed by atoms with van der Waals surface area (Å²) < 4.78 is 29.0. The first kappa shape index (κ1) is 25.9. The van der Waals surface area contributed by atoms with E-state index in [1.54, 1.807) is 6.21 Å². The van der Waals surface area contributed by atoms with E-state index in [0.29, 0.717) is 16.0 Å². The first-order valence-electron chi connectivity index (χ1n) is 11.8. The number of hydrogen-bond donors (Lipinski definition) is 1. The van der Waals surface area contributed by atoms with Gasteiger partial charge in [-0.3, -0.25) is 4.79 Å². The molecule has 34 heavy (non-hydrogen) atoms. The zero-order valence-electron chi connectivity index (χ0n) is 20.8. The second kappa shape index (κ2) is 11.1. The average molecular weight is 485 g/mol. The molecule has 3 rings (SSSR count). The van der Waals surface area contributed by atoms with Crippen LogP contribution in [0.5, 0.6) is 0 Å². The molecule has 2 aromatic rings. The van der Waals surface area contributed by atoms with Crippen LogP contribution in [0, 0.1) is 20.8 Å². The van der Waals surface area contributed by atoms with Gasteiger partial charge in [0.15, 0.2) is 0 Å². The highest BCUT2D eigenvalue weighted by atomic mass is 32.2. The summed E-state index contributed by atoms with van der Waals surface area (Å²) in [6.07, 6.45) is 6.10. The number of amides is 1. The summed E-state index contributed by atoms with van der Waals surface area (Å²) in [4.78, 5) is 15.1. The van der Waals surface area contributed by atoms with Crippen molar-refractivity contribution in [1.29, 1.82) is 0 Å². The summed E-state index contributed by atoms with van der Waals surface area (Å²) in [6, 6.07) is 11.3. The maximum absolute atomic E-state index is 13.8. The number of benzene rings is 2. The Hall–Kier alpha value is -2.71. The van der Waals surface area contributed by atoms with Crippen molar-refractivity contribution in [2.45, 2.75) is 63.8 Å². The second-order valence-corrected chi connectivity index (χ2v) is 11.2. The highest BCUT2D eigenvalue weighted by Crippen LogP contribution is 2.31. The number of hydrazone groups is 1. The summed E-state index contributed by atoms with van der Waals surface area (Å²) in [6.45, 7) is 5.33. The van der Waals surface area contributed by atoms with Gasteiger partial charge in [0.1, 0.15) is 0 Å². The van der Waals surface area contributed by atoms with E-state index >= 15 is 0 Å². The number of aryl methyl sites for hydroxylation is 3. The fourth-order valence-electron chi connectivity index (χ4n) is 4.68. The van der Waals surface area contributed by atoms with Gasteiger partial charge in [-0.05, 0) is 62.4 Å². The predicted octanol–water partition coefficient (Wildman–Crippen LogP) is 4.15. The minimum Gasteiger partial charge on any atom is -0.378 e. The molecule has 7 nitrogen and oxygen atoms in total. The Labute approximate surface area is 203 Å². The van der Waals surface area contributed by atoms with E-state index < -0.39 is 15.9 Å². The van der Waals surface area contributed by atoms with Gasteiger partial charge in [0.05, 0.1) is 17.7 Å². The van der Waals surface area contributed by atoms with Crippen molar-refractivity contribution < 1.29 is 13.2 Å². The van der Waals surface area contributed by atoms with Crippen LogP contribution in [-0.2, 0) is 14.8 Å². The molecule has 0 bridgehead atoms. The number of rotatable bonds is 8. The fraction of sp³-hybridized carbons (Fsp3) is 0.462. The molecule has 0 unspecified atom stereocenters. The number of carbonyl (C=O) groups excluding carboxylic acids is 1. The van der Waals surface area contributed by atoms with E-state index in [1.807, 2.05) is 76.2 Å². The maximum atomic E-state index is 13.8. The van der Waals surface area contributed by atoms with Crippen LogP contribution in [0.3, 0.4) is 0 Å². The molecule has 0 spiro atoms. The average Bonchev–Trinajstić information content (AvgIpc) is 2.77. The lowest BCUT2D eigenvalue weighted by molar-refractivity contribution is -0.121. The second-order valence-electron chi connectivity index (χ2n) is 9.35. The molecule has 2 aromatic carbocycles. The molecule has 0 radical (unpaired) electrons. The Kier molecular flexibility index (Phi) is 8.49. The van der Waals surface area contributed by atoms with E-state index in [2.05, 4.69) is 10.5 Å². The van der Waals surface area contributed by atoms with Gasteiger partial charge in [-0.1, -0.05) is 49.1 Å². The van der Waals surface area contributed by atoms with Crippen LogP contribution in [-0.4, -0.2) is 51.5 Å². The molecular weight excluding hydrogens is 448 g/mol. The van der Waals surface area contributed by atoms with E-state index in [9.17, 15) is 13.2 Å². The minimum absolute atomic E-state index is 0.188. The third-order valence-corrected chi connectivity index (χ3v) is 8.47. The van der Waals surface area contributed by atoms with Gasteiger partial charge in [-0.15, -0.1) is 0 Å². The summed E-state index contributed by atoms with van der Waals surface area (Å²) in [5.41, 5.74) is 6.85. The van der Waals surface area contributed by atoms with Gasteiger partial charge in [0, 0.05) is 25.8 Å². The zero-order chi connectivity index (χ0) is 24.9. The number of hydrogen-bond acceptors (Lipinski definition) is 5. The molecule has 8 heteroatoms. The Morgan fingerprint density at radius 3 is 2.18 bits per heavy atom. The molecule has 0 saturated heterocycles. The molecule has 184 valence electrons. The van der Waals surface area contributed by atoms with Crippen LogP contribution in [0.25, 0.3) is 0 Å². The lowest BCUT2D eigenvalue weighted by atomic mass is 9.95. The Morgan fingerprint density at radius 2 is 1.62 bits per heavy atom. The molecule has 1 aliphatic carbocycles. The van der Waals surface area contributed by atoms with Crippen molar-refractivity contribution in [2.24, 2.45) is 5.10 Å². The molecule has 1 N–H and O–H groups in total. The molecule has 0 heterocycles. The van der Waals surface area contributed by atoms with Crippen LogP contribution in [0.15, 0.2) is 46.4 Å². The molecular formula is C26H36N4O3S. The Bertz CT molecular complexity index is 1110. The number of nitrogens with zero attached hydrogens (tertiary/aromatic N) is 3. The minimum atomic E-state index is -3.85. The normalized spacial score (nSPS) is 15.1. The summed E-state index contributed by atoms with van der Waals surface area (Å²) >= 11 is 0. The first-order chi connectivity index (χ1) is 16.1. The molecule has 1 saturated carbocycles. The highest BCUT2D eigenvalue weighted by molar-refractivity contribution is 7.89. The third-order valence-electron chi connectivity index (χ3n) is 6.27. The molecule has 0 aliphatic heterocycles. The zero-order valence-corrected chi connectivity index (χ0v) is 21.7. The van der Waals surface area contributed by atoms with E-state index in [4.69, 9.17) is 0 Å². The van der Waals surface area contributed by atoms with E-state index in [-0.39, 0.29) is 12.6 Å². The van der Waals surface area contributed by atoms with Crippen LogP contribution in [0.1, 0.15) is 54.4 Å². The van der Waals surface area contributed by atoms with Crippen molar-refractivity contribution >= 4 is 27.8 Å².